The van der Waals surface area contributed by atoms with Gasteiger partial charge in [-0.15, -0.1) is 0 Å². The summed E-state index contributed by atoms with van der Waals surface area (Å²) < 4.78 is 0. The van der Waals surface area contributed by atoms with Crippen LogP contribution >= 0.6 is 0 Å². The Morgan fingerprint density at radius 1 is 0.917 bits per heavy atom. The Kier molecular flexibility index (Phi) is 8.54. The van der Waals surface area contributed by atoms with Crippen LogP contribution in [0.15, 0.2) is 18.2 Å². The van der Waals surface area contributed by atoms with E-state index in [0.717, 1.165) is 64.0 Å². The second-order valence-corrected chi connectivity index (χ2v) is 11.7. The van der Waals surface area contributed by atoms with Crippen LogP contribution in [0.4, 0.5) is 11.4 Å². The molecule has 3 amide bonds. The predicted octanol–water partition coefficient (Wildman–Crippen LogP) is 3.34. The zero-order valence-corrected chi connectivity index (χ0v) is 22.3. The van der Waals surface area contributed by atoms with Gasteiger partial charge in [0.05, 0.1) is 11.4 Å². The maximum absolute atomic E-state index is 13.2. The minimum atomic E-state index is -0.0342. The third-order valence-electron chi connectivity index (χ3n) is 7.50. The molecule has 1 aromatic carbocycles. The van der Waals surface area contributed by atoms with E-state index in [4.69, 9.17) is 0 Å². The SMILES string of the molecule is CC(C)(C)CC(=O)N1CCCN(c2ccc(C(=O)N3CCNCC3)cc2NC(=O)C2CCCC2)CC1. The largest absolute Gasteiger partial charge is 0.368 e. The molecule has 2 saturated heterocycles. The third-order valence-corrected chi connectivity index (χ3v) is 7.50. The van der Waals surface area contributed by atoms with Gasteiger partial charge in [0.1, 0.15) is 0 Å². The summed E-state index contributed by atoms with van der Waals surface area (Å²) in [4.78, 5) is 45.2. The van der Waals surface area contributed by atoms with Crippen molar-refractivity contribution in [2.45, 2.75) is 59.3 Å². The molecule has 0 atom stereocenters. The maximum Gasteiger partial charge on any atom is 0.254 e. The summed E-state index contributed by atoms with van der Waals surface area (Å²) in [5.41, 5.74) is 2.22. The lowest BCUT2D eigenvalue weighted by atomic mass is 9.91. The van der Waals surface area contributed by atoms with Crippen LogP contribution < -0.4 is 15.5 Å². The highest BCUT2D eigenvalue weighted by atomic mass is 16.2. The highest BCUT2D eigenvalue weighted by molar-refractivity contribution is 6.00. The second-order valence-electron chi connectivity index (χ2n) is 11.7. The first-order valence-corrected chi connectivity index (χ1v) is 13.7. The van der Waals surface area contributed by atoms with Crippen molar-refractivity contribution in [3.05, 3.63) is 23.8 Å². The topological polar surface area (TPSA) is 85.0 Å². The zero-order chi connectivity index (χ0) is 25.7. The Morgan fingerprint density at radius 2 is 1.64 bits per heavy atom. The van der Waals surface area contributed by atoms with Crippen LogP contribution in [-0.4, -0.2) is 79.9 Å². The molecule has 0 unspecified atom stereocenters. The zero-order valence-electron chi connectivity index (χ0n) is 22.3. The molecule has 3 aliphatic rings. The van der Waals surface area contributed by atoms with E-state index in [-0.39, 0.29) is 29.1 Å². The van der Waals surface area contributed by atoms with Gasteiger partial charge >= 0.3 is 0 Å². The van der Waals surface area contributed by atoms with Crippen LogP contribution in [0.5, 0.6) is 0 Å². The number of benzene rings is 1. The average molecular weight is 498 g/mol. The molecule has 0 radical (unpaired) electrons. The molecule has 1 aromatic rings. The summed E-state index contributed by atoms with van der Waals surface area (Å²) in [5, 5.41) is 6.48. The van der Waals surface area contributed by atoms with Gasteiger partial charge in [0, 0.05) is 70.3 Å². The van der Waals surface area contributed by atoms with Crippen molar-refractivity contribution in [3.63, 3.8) is 0 Å². The van der Waals surface area contributed by atoms with Crippen LogP contribution in [0.25, 0.3) is 0 Å². The molecule has 36 heavy (non-hydrogen) atoms. The number of rotatable bonds is 5. The Morgan fingerprint density at radius 3 is 2.33 bits per heavy atom. The first-order valence-electron chi connectivity index (χ1n) is 13.7. The minimum absolute atomic E-state index is 0.00855. The van der Waals surface area contributed by atoms with Crippen LogP contribution in [0.1, 0.15) is 69.7 Å². The molecule has 0 aromatic heterocycles. The van der Waals surface area contributed by atoms with Crippen LogP contribution in [-0.2, 0) is 9.59 Å². The standard InChI is InChI=1S/C28H43N5O3/c1-28(2,3)20-25(34)32-14-6-13-31(17-18-32)24-10-9-22(27(36)33-15-11-29-12-16-33)19-23(24)30-26(35)21-7-4-5-8-21/h9-10,19,21,29H,4-8,11-18,20H2,1-3H3,(H,30,35). The van der Waals surface area contributed by atoms with Gasteiger partial charge < -0.3 is 25.3 Å². The fraction of sp³-hybridized carbons (Fsp3) is 0.679. The highest BCUT2D eigenvalue weighted by Gasteiger charge is 2.27. The molecule has 2 heterocycles. The number of nitrogens with one attached hydrogen (secondary N) is 2. The van der Waals surface area contributed by atoms with Gasteiger partial charge in [0.25, 0.3) is 5.91 Å². The first-order chi connectivity index (χ1) is 17.2. The van der Waals surface area contributed by atoms with Gasteiger partial charge in [-0.1, -0.05) is 33.6 Å². The molecule has 4 rings (SSSR count). The van der Waals surface area contributed by atoms with Gasteiger partial charge in [0.2, 0.25) is 11.8 Å². The number of hydrogen-bond donors (Lipinski definition) is 2. The van der Waals surface area contributed by atoms with Crippen LogP contribution in [0.2, 0.25) is 0 Å². The van der Waals surface area contributed by atoms with Gasteiger partial charge in [-0.25, -0.2) is 0 Å². The molecule has 1 saturated carbocycles. The highest BCUT2D eigenvalue weighted by Crippen LogP contribution is 2.32. The second kappa shape index (κ2) is 11.6. The normalized spacial score (nSPS) is 19.8. The minimum Gasteiger partial charge on any atom is -0.368 e. The molecule has 1 aliphatic carbocycles. The van der Waals surface area contributed by atoms with Crippen molar-refractivity contribution < 1.29 is 14.4 Å². The molecule has 3 fully saturated rings. The van der Waals surface area contributed by atoms with E-state index >= 15 is 0 Å². The van der Waals surface area contributed by atoms with Gasteiger partial charge in [0.15, 0.2) is 0 Å². The summed E-state index contributed by atoms with van der Waals surface area (Å²) in [5.74, 6) is 0.308. The molecule has 8 heteroatoms. The molecule has 198 valence electrons. The predicted molar refractivity (Wildman–Crippen MR) is 143 cm³/mol. The number of hydrogen-bond acceptors (Lipinski definition) is 5. The third kappa shape index (κ3) is 6.78. The lowest BCUT2D eigenvalue weighted by Gasteiger charge is -2.29. The lowest BCUT2D eigenvalue weighted by Crippen LogP contribution is -2.46. The smallest absolute Gasteiger partial charge is 0.254 e. The quantitative estimate of drug-likeness (QED) is 0.652. The Balaban J connectivity index is 1.53. The van der Waals surface area contributed by atoms with E-state index < -0.39 is 0 Å². The van der Waals surface area contributed by atoms with E-state index in [0.29, 0.717) is 43.9 Å². The summed E-state index contributed by atoms with van der Waals surface area (Å²) in [6, 6.07) is 5.73. The molecular formula is C28H43N5O3. The summed E-state index contributed by atoms with van der Waals surface area (Å²) >= 11 is 0. The number of amides is 3. The number of anilines is 2. The van der Waals surface area contributed by atoms with Crippen molar-refractivity contribution in [1.29, 1.82) is 0 Å². The monoisotopic (exact) mass is 497 g/mol. The van der Waals surface area contributed by atoms with Crippen LogP contribution in [0, 0.1) is 11.3 Å². The van der Waals surface area contributed by atoms with E-state index in [1.165, 1.54) is 0 Å². The average Bonchev–Trinajstić information content (AvgIpc) is 3.28. The number of carbonyl (C=O) groups excluding carboxylic acids is 3. The molecule has 0 bridgehead atoms. The molecular weight excluding hydrogens is 454 g/mol. The van der Waals surface area contributed by atoms with Gasteiger partial charge in [-0.05, 0) is 42.9 Å². The van der Waals surface area contributed by atoms with Gasteiger partial charge in [-0.2, -0.15) is 0 Å². The first kappa shape index (κ1) is 26.5. The summed E-state index contributed by atoms with van der Waals surface area (Å²) in [7, 11) is 0. The Labute approximate surface area is 215 Å². The number of carbonyl (C=O) groups is 3. The van der Waals surface area contributed by atoms with Crippen molar-refractivity contribution in [2.24, 2.45) is 11.3 Å². The molecule has 8 nitrogen and oxygen atoms in total. The van der Waals surface area contributed by atoms with E-state index in [1.807, 2.05) is 28.0 Å². The van der Waals surface area contributed by atoms with Crippen molar-refractivity contribution in [1.82, 2.24) is 15.1 Å². The number of piperazine rings is 1. The van der Waals surface area contributed by atoms with E-state index in [2.05, 4.69) is 36.3 Å². The fourth-order valence-corrected chi connectivity index (χ4v) is 5.49. The summed E-state index contributed by atoms with van der Waals surface area (Å²) in [6.45, 7) is 12.2. The Hall–Kier alpha value is -2.61. The van der Waals surface area contributed by atoms with Crippen molar-refractivity contribution in [3.8, 4) is 0 Å². The fourth-order valence-electron chi connectivity index (χ4n) is 5.49. The van der Waals surface area contributed by atoms with Crippen molar-refractivity contribution >= 4 is 29.1 Å². The van der Waals surface area contributed by atoms with Gasteiger partial charge in [-0.3, -0.25) is 14.4 Å². The van der Waals surface area contributed by atoms with E-state index in [9.17, 15) is 14.4 Å². The van der Waals surface area contributed by atoms with Crippen LogP contribution in [0.3, 0.4) is 0 Å². The van der Waals surface area contributed by atoms with Crippen molar-refractivity contribution in [2.75, 3.05) is 62.6 Å². The Bertz CT molecular complexity index is 945. The lowest BCUT2D eigenvalue weighted by molar-refractivity contribution is -0.132. The van der Waals surface area contributed by atoms with E-state index in [1.54, 1.807) is 0 Å². The molecule has 0 spiro atoms. The summed E-state index contributed by atoms with van der Waals surface area (Å²) in [6.07, 6.45) is 5.45. The molecule has 2 N–H and O–H groups in total. The molecule has 2 aliphatic heterocycles. The maximum atomic E-state index is 13.2. The number of nitrogens with zero attached hydrogens (tertiary/aromatic N) is 3.